The van der Waals surface area contributed by atoms with E-state index < -0.39 is 0 Å². The Balaban J connectivity index is 1.89. The highest BCUT2D eigenvalue weighted by molar-refractivity contribution is 5.93. The highest BCUT2D eigenvalue weighted by Gasteiger charge is 2.07. The molecule has 2 N–H and O–H groups in total. The van der Waals surface area contributed by atoms with E-state index in [0.29, 0.717) is 12.5 Å². The van der Waals surface area contributed by atoms with Gasteiger partial charge in [0, 0.05) is 5.69 Å². The summed E-state index contributed by atoms with van der Waals surface area (Å²) in [6.45, 7) is 7.09. The van der Waals surface area contributed by atoms with Crippen molar-refractivity contribution in [2.75, 3.05) is 23.8 Å². The topological polar surface area (TPSA) is 50.4 Å². The molecule has 2 aromatic carbocycles. The number of amides is 1. The van der Waals surface area contributed by atoms with Crippen LogP contribution in [0.2, 0.25) is 0 Å². The van der Waals surface area contributed by atoms with Gasteiger partial charge in [-0.15, -0.1) is 0 Å². The van der Waals surface area contributed by atoms with E-state index >= 15 is 0 Å². The minimum absolute atomic E-state index is 0.0856. The molecule has 4 heteroatoms. The molecule has 0 aliphatic heterocycles. The summed E-state index contributed by atoms with van der Waals surface area (Å²) in [6, 6.07) is 15.7. The van der Waals surface area contributed by atoms with Gasteiger partial charge in [-0.25, -0.2) is 0 Å². The summed E-state index contributed by atoms with van der Waals surface area (Å²) in [6.07, 6.45) is 1.11. The van der Waals surface area contributed by atoms with Gasteiger partial charge in [0.1, 0.15) is 5.75 Å². The zero-order valence-electron chi connectivity index (χ0n) is 14.6. The van der Waals surface area contributed by atoms with E-state index in [1.54, 1.807) is 0 Å². The van der Waals surface area contributed by atoms with Crippen molar-refractivity contribution in [3.8, 4) is 5.75 Å². The molecule has 128 valence electrons. The van der Waals surface area contributed by atoms with Crippen molar-refractivity contribution in [2.45, 2.75) is 33.1 Å². The molecule has 1 atom stereocenters. The van der Waals surface area contributed by atoms with E-state index in [9.17, 15) is 4.79 Å². The van der Waals surface area contributed by atoms with Crippen molar-refractivity contribution in [1.29, 1.82) is 0 Å². The molecule has 24 heavy (non-hydrogen) atoms. The van der Waals surface area contributed by atoms with E-state index in [2.05, 4.69) is 36.6 Å². The van der Waals surface area contributed by atoms with Crippen LogP contribution in [0.1, 0.15) is 38.7 Å². The zero-order chi connectivity index (χ0) is 17.4. The van der Waals surface area contributed by atoms with Crippen LogP contribution >= 0.6 is 0 Å². The Morgan fingerprint density at radius 1 is 1.08 bits per heavy atom. The molecule has 0 unspecified atom stereocenters. The van der Waals surface area contributed by atoms with Crippen molar-refractivity contribution in [3.05, 3.63) is 54.1 Å². The minimum Gasteiger partial charge on any atom is -0.492 e. The molecule has 0 radical (unpaired) electrons. The van der Waals surface area contributed by atoms with Crippen LogP contribution in [-0.2, 0) is 4.79 Å². The Morgan fingerprint density at radius 3 is 2.46 bits per heavy atom. The fraction of sp³-hybridized carbons (Fsp3) is 0.350. The summed E-state index contributed by atoms with van der Waals surface area (Å²) < 4.78 is 5.54. The largest absolute Gasteiger partial charge is 0.492 e. The molecule has 0 aliphatic carbocycles. The number of nitrogens with one attached hydrogen (secondary N) is 2. The molecule has 0 heterocycles. The average Bonchev–Trinajstić information content (AvgIpc) is 2.61. The highest BCUT2D eigenvalue weighted by Crippen LogP contribution is 2.23. The lowest BCUT2D eigenvalue weighted by atomic mass is 9.99. The third-order valence-electron chi connectivity index (χ3n) is 4.00. The van der Waals surface area contributed by atoms with Gasteiger partial charge in [0.15, 0.2) is 0 Å². The second-order valence-corrected chi connectivity index (χ2v) is 5.76. The molecule has 0 fully saturated rings. The quantitative estimate of drug-likeness (QED) is 0.742. The number of carbonyl (C=O) groups is 1. The summed E-state index contributed by atoms with van der Waals surface area (Å²) in [4.78, 5) is 12.1. The van der Waals surface area contributed by atoms with Crippen molar-refractivity contribution in [1.82, 2.24) is 0 Å². The van der Waals surface area contributed by atoms with Crippen LogP contribution in [0, 0.1) is 0 Å². The lowest BCUT2D eigenvalue weighted by molar-refractivity contribution is -0.114. The molecule has 0 saturated carbocycles. The maximum atomic E-state index is 12.1. The molecule has 0 bridgehead atoms. The number of benzene rings is 2. The first-order chi connectivity index (χ1) is 11.6. The first kappa shape index (κ1) is 17.9. The number of ether oxygens (including phenoxy) is 1. The van der Waals surface area contributed by atoms with Crippen LogP contribution in [0.5, 0.6) is 5.75 Å². The Hall–Kier alpha value is -2.49. The van der Waals surface area contributed by atoms with Gasteiger partial charge < -0.3 is 15.4 Å². The number of rotatable bonds is 8. The maximum Gasteiger partial charge on any atom is 0.243 e. The van der Waals surface area contributed by atoms with Crippen LogP contribution in [0.25, 0.3) is 0 Å². The molecular formula is C20H26N2O2. The molecule has 0 spiro atoms. The maximum absolute atomic E-state index is 12.1. The predicted octanol–water partition coefficient (Wildman–Crippen LogP) is 4.65. The number of hydrogen-bond donors (Lipinski definition) is 2. The van der Waals surface area contributed by atoms with E-state index in [4.69, 9.17) is 4.74 Å². The van der Waals surface area contributed by atoms with E-state index in [1.165, 1.54) is 5.56 Å². The van der Waals surface area contributed by atoms with Crippen LogP contribution in [0.3, 0.4) is 0 Å². The van der Waals surface area contributed by atoms with Gasteiger partial charge in [-0.3, -0.25) is 4.79 Å². The molecule has 0 saturated heterocycles. The third-order valence-corrected chi connectivity index (χ3v) is 4.00. The molecule has 0 aromatic heterocycles. The number of para-hydroxylation sites is 2. The third kappa shape index (κ3) is 5.01. The fourth-order valence-electron chi connectivity index (χ4n) is 2.41. The first-order valence-electron chi connectivity index (χ1n) is 8.49. The second kappa shape index (κ2) is 8.96. The minimum atomic E-state index is -0.0856. The van der Waals surface area contributed by atoms with Crippen LogP contribution in [0.4, 0.5) is 11.4 Å². The average molecular weight is 326 g/mol. The first-order valence-corrected chi connectivity index (χ1v) is 8.49. The van der Waals surface area contributed by atoms with E-state index in [-0.39, 0.29) is 12.5 Å². The molecule has 0 aliphatic rings. The van der Waals surface area contributed by atoms with Crippen LogP contribution in [0.15, 0.2) is 48.5 Å². The SMILES string of the molecule is CCOc1ccccc1NCC(=O)Nc1ccc([C@H](C)CC)cc1. The molecule has 2 rings (SSSR count). The molecular weight excluding hydrogens is 300 g/mol. The van der Waals surface area contributed by atoms with Crippen LogP contribution < -0.4 is 15.4 Å². The van der Waals surface area contributed by atoms with E-state index in [0.717, 1.165) is 23.5 Å². The lowest BCUT2D eigenvalue weighted by Crippen LogP contribution is -2.22. The Morgan fingerprint density at radius 2 is 1.79 bits per heavy atom. The van der Waals surface area contributed by atoms with Gasteiger partial charge in [-0.2, -0.15) is 0 Å². The number of anilines is 2. The van der Waals surface area contributed by atoms with E-state index in [1.807, 2.05) is 43.3 Å². The smallest absolute Gasteiger partial charge is 0.243 e. The lowest BCUT2D eigenvalue weighted by Gasteiger charge is -2.13. The van der Waals surface area contributed by atoms with Gasteiger partial charge in [0.05, 0.1) is 18.8 Å². The summed E-state index contributed by atoms with van der Waals surface area (Å²) in [5, 5.41) is 6.03. The monoisotopic (exact) mass is 326 g/mol. The van der Waals surface area contributed by atoms with Crippen molar-refractivity contribution in [2.24, 2.45) is 0 Å². The summed E-state index contributed by atoms with van der Waals surface area (Å²) >= 11 is 0. The summed E-state index contributed by atoms with van der Waals surface area (Å²) in [5.41, 5.74) is 2.92. The van der Waals surface area contributed by atoms with Gasteiger partial charge in [0.25, 0.3) is 0 Å². The predicted molar refractivity (Wildman–Crippen MR) is 99.9 cm³/mol. The number of hydrogen-bond acceptors (Lipinski definition) is 3. The second-order valence-electron chi connectivity index (χ2n) is 5.76. The standard InChI is InChI=1S/C20H26N2O2/c1-4-15(3)16-10-12-17(13-11-16)22-20(23)14-21-18-8-6-7-9-19(18)24-5-2/h6-13,15,21H,4-5,14H2,1-3H3,(H,22,23)/t15-/m1/s1. The zero-order valence-corrected chi connectivity index (χ0v) is 14.6. The highest BCUT2D eigenvalue weighted by atomic mass is 16.5. The fourth-order valence-corrected chi connectivity index (χ4v) is 2.41. The van der Waals surface area contributed by atoms with Crippen molar-refractivity contribution in [3.63, 3.8) is 0 Å². The van der Waals surface area contributed by atoms with Crippen molar-refractivity contribution >= 4 is 17.3 Å². The van der Waals surface area contributed by atoms with Gasteiger partial charge in [-0.05, 0) is 49.1 Å². The van der Waals surface area contributed by atoms with Crippen LogP contribution in [-0.4, -0.2) is 19.1 Å². The van der Waals surface area contributed by atoms with Gasteiger partial charge >= 0.3 is 0 Å². The van der Waals surface area contributed by atoms with Crippen molar-refractivity contribution < 1.29 is 9.53 Å². The molecule has 4 nitrogen and oxygen atoms in total. The van der Waals surface area contributed by atoms with Gasteiger partial charge in [-0.1, -0.05) is 38.1 Å². The van der Waals surface area contributed by atoms with Gasteiger partial charge in [0.2, 0.25) is 5.91 Å². The molecule has 2 aromatic rings. The molecule has 1 amide bonds. The Bertz CT molecular complexity index is 653. The Labute approximate surface area is 144 Å². The normalized spacial score (nSPS) is 11.6. The summed E-state index contributed by atoms with van der Waals surface area (Å²) in [7, 11) is 0. The Kier molecular flexibility index (Phi) is 6.67. The summed E-state index contributed by atoms with van der Waals surface area (Å²) in [5.74, 6) is 1.20. The number of carbonyl (C=O) groups excluding carboxylic acids is 1.